The smallest absolute Gasteiger partial charge is 0.354 e. The molecule has 1 saturated carbocycles. The fraction of sp³-hybridized carbons (Fsp3) is 0.619. The van der Waals surface area contributed by atoms with E-state index in [9.17, 15) is 22.8 Å². The average molecular weight is 411 g/mol. The van der Waals surface area contributed by atoms with E-state index in [1.807, 2.05) is 18.2 Å². The predicted octanol–water partition coefficient (Wildman–Crippen LogP) is 2.98. The van der Waals surface area contributed by atoms with Crippen LogP contribution in [-0.2, 0) is 4.79 Å². The van der Waals surface area contributed by atoms with E-state index < -0.39 is 17.5 Å². The minimum absolute atomic E-state index is 0.0784. The van der Waals surface area contributed by atoms with Crippen LogP contribution in [0, 0.1) is 11.3 Å². The Labute approximate surface area is 169 Å². The SMILES string of the molecule is O=C(NCC1CCN(CCNC(=O)C2(C(F)(F)F)CCC2)CC1)c1ccccc1. The minimum atomic E-state index is -4.47. The summed E-state index contributed by atoms with van der Waals surface area (Å²) < 4.78 is 39.5. The summed E-state index contributed by atoms with van der Waals surface area (Å²) in [5, 5.41) is 5.46. The number of rotatable bonds is 7. The molecule has 1 aromatic rings. The van der Waals surface area contributed by atoms with Gasteiger partial charge < -0.3 is 15.5 Å². The number of piperidine rings is 1. The maximum atomic E-state index is 13.2. The zero-order chi connectivity index (χ0) is 20.9. The van der Waals surface area contributed by atoms with Gasteiger partial charge in [0, 0.05) is 25.2 Å². The molecule has 1 aliphatic heterocycles. The largest absolute Gasteiger partial charge is 0.403 e. The van der Waals surface area contributed by atoms with Crippen molar-refractivity contribution in [2.45, 2.75) is 38.3 Å². The molecule has 2 fully saturated rings. The Morgan fingerprint density at radius 1 is 1.07 bits per heavy atom. The molecule has 1 saturated heterocycles. The lowest BCUT2D eigenvalue weighted by Crippen LogP contribution is -2.55. The van der Waals surface area contributed by atoms with Gasteiger partial charge in [0.2, 0.25) is 5.91 Å². The Hall–Kier alpha value is -2.09. The normalized spacial score (nSPS) is 20.0. The lowest BCUT2D eigenvalue weighted by molar-refractivity contribution is -0.243. The summed E-state index contributed by atoms with van der Waals surface area (Å²) in [4.78, 5) is 26.3. The second-order valence-corrected chi connectivity index (χ2v) is 8.05. The van der Waals surface area contributed by atoms with E-state index in [4.69, 9.17) is 0 Å². The molecule has 0 atom stereocenters. The number of carbonyl (C=O) groups excluding carboxylic acids is 2. The molecular formula is C21H28F3N3O2. The fourth-order valence-corrected chi connectivity index (χ4v) is 4.01. The third-order valence-corrected chi connectivity index (χ3v) is 6.19. The van der Waals surface area contributed by atoms with Crippen molar-refractivity contribution in [1.82, 2.24) is 15.5 Å². The molecule has 0 radical (unpaired) electrons. The summed E-state index contributed by atoms with van der Waals surface area (Å²) in [7, 11) is 0. The van der Waals surface area contributed by atoms with Crippen LogP contribution in [0.2, 0.25) is 0 Å². The molecule has 0 aromatic heterocycles. The highest BCUT2D eigenvalue weighted by atomic mass is 19.4. The highest BCUT2D eigenvalue weighted by molar-refractivity contribution is 5.94. The molecule has 5 nitrogen and oxygen atoms in total. The molecule has 160 valence electrons. The van der Waals surface area contributed by atoms with Gasteiger partial charge in [-0.05, 0) is 56.8 Å². The Bertz CT molecular complexity index is 697. The summed E-state index contributed by atoms with van der Waals surface area (Å²) in [5.74, 6) is -0.572. The van der Waals surface area contributed by atoms with Crippen molar-refractivity contribution in [3.05, 3.63) is 35.9 Å². The van der Waals surface area contributed by atoms with E-state index in [1.54, 1.807) is 12.1 Å². The van der Waals surface area contributed by atoms with Crippen molar-refractivity contribution in [1.29, 1.82) is 0 Å². The van der Waals surface area contributed by atoms with Crippen LogP contribution in [0.15, 0.2) is 30.3 Å². The first-order valence-corrected chi connectivity index (χ1v) is 10.2. The molecule has 1 aliphatic carbocycles. The second-order valence-electron chi connectivity index (χ2n) is 8.05. The molecule has 3 rings (SSSR count). The molecule has 29 heavy (non-hydrogen) atoms. The van der Waals surface area contributed by atoms with Gasteiger partial charge in [-0.25, -0.2) is 0 Å². The number of benzene rings is 1. The highest BCUT2D eigenvalue weighted by Gasteiger charge is 2.63. The van der Waals surface area contributed by atoms with Gasteiger partial charge in [-0.1, -0.05) is 24.6 Å². The van der Waals surface area contributed by atoms with Crippen molar-refractivity contribution >= 4 is 11.8 Å². The zero-order valence-electron chi connectivity index (χ0n) is 16.4. The van der Waals surface area contributed by atoms with Gasteiger partial charge in [0.05, 0.1) is 0 Å². The Kier molecular flexibility index (Phi) is 6.82. The quantitative estimate of drug-likeness (QED) is 0.725. The highest BCUT2D eigenvalue weighted by Crippen LogP contribution is 2.53. The van der Waals surface area contributed by atoms with Crippen LogP contribution in [0.3, 0.4) is 0 Å². The van der Waals surface area contributed by atoms with Crippen LogP contribution in [0.4, 0.5) is 13.2 Å². The first-order valence-electron chi connectivity index (χ1n) is 10.2. The number of halogens is 3. The second kappa shape index (κ2) is 9.15. The summed E-state index contributed by atoms with van der Waals surface area (Å²) >= 11 is 0. The van der Waals surface area contributed by atoms with Gasteiger partial charge in [-0.2, -0.15) is 13.2 Å². The van der Waals surface area contributed by atoms with Crippen molar-refractivity contribution in [3.63, 3.8) is 0 Å². The minimum Gasteiger partial charge on any atom is -0.354 e. The molecule has 2 aliphatic rings. The maximum absolute atomic E-state index is 13.2. The van der Waals surface area contributed by atoms with E-state index >= 15 is 0 Å². The number of nitrogens with zero attached hydrogens (tertiary/aromatic N) is 1. The maximum Gasteiger partial charge on any atom is 0.403 e. The first-order chi connectivity index (χ1) is 13.8. The van der Waals surface area contributed by atoms with Gasteiger partial charge in [-0.15, -0.1) is 0 Å². The predicted molar refractivity (Wildman–Crippen MR) is 103 cm³/mol. The van der Waals surface area contributed by atoms with Gasteiger partial charge in [0.25, 0.3) is 5.91 Å². The van der Waals surface area contributed by atoms with Crippen LogP contribution in [-0.4, -0.2) is 55.6 Å². The van der Waals surface area contributed by atoms with Crippen LogP contribution < -0.4 is 10.6 Å². The lowest BCUT2D eigenvalue weighted by Gasteiger charge is -2.41. The molecule has 0 unspecified atom stereocenters. The number of alkyl halides is 3. The molecule has 0 spiro atoms. The fourth-order valence-electron chi connectivity index (χ4n) is 4.01. The summed E-state index contributed by atoms with van der Waals surface area (Å²) in [6.45, 7) is 3.01. The van der Waals surface area contributed by atoms with Crippen LogP contribution in [0.1, 0.15) is 42.5 Å². The van der Waals surface area contributed by atoms with Gasteiger partial charge in [0.1, 0.15) is 5.41 Å². The third kappa shape index (κ3) is 5.10. The number of hydrogen-bond donors (Lipinski definition) is 2. The summed E-state index contributed by atoms with van der Waals surface area (Å²) in [6.07, 6.45) is -2.42. The Morgan fingerprint density at radius 3 is 2.28 bits per heavy atom. The monoisotopic (exact) mass is 411 g/mol. The zero-order valence-corrected chi connectivity index (χ0v) is 16.4. The molecule has 0 bridgehead atoms. The average Bonchev–Trinajstić information content (AvgIpc) is 2.65. The number of carbonyl (C=O) groups is 2. The number of amides is 2. The van der Waals surface area contributed by atoms with Crippen LogP contribution >= 0.6 is 0 Å². The molecule has 1 aromatic carbocycles. The van der Waals surface area contributed by atoms with Gasteiger partial charge in [0.15, 0.2) is 0 Å². The van der Waals surface area contributed by atoms with E-state index in [1.165, 1.54) is 0 Å². The van der Waals surface area contributed by atoms with Crippen molar-refractivity contribution in [2.75, 3.05) is 32.7 Å². The topological polar surface area (TPSA) is 61.4 Å². The first kappa shape index (κ1) is 21.6. The molecule has 2 N–H and O–H groups in total. The van der Waals surface area contributed by atoms with Crippen LogP contribution in [0.5, 0.6) is 0 Å². The standard InChI is InChI=1S/C21H28F3N3O2/c22-21(23,24)20(9-4-10-20)19(29)25-11-14-27-12-7-16(8-13-27)15-26-18(28)17-5-2-1-3-6-17/h1-3,5-6,16H,4,7-15H2,(H,25,29)(H,26,28). The third-order valence-electron chi connectivity index (χ3n) is 6.19. The summed E-state index contributed by atoms with van der Waals surface area (Å²) in [6, 6.07) is 9.07. The number of hydrogen-bond acceptors (Lipinski definition) is 3. The van der Waals surface area contributed by atoms with Gasteiger partial charge >= 0.3 is 6.18 Å². The van der Waals surface area contributed by atoms with E-state index in [0.717, 1.165) is 25.9 Å². The number of likely N-dealkylation sites (tertiary alicyclic amines) is 1. The number of nitrogens with one attached hydrogen (secondary N) is 2. The van der Waals surface area contributed by atoms with Crippen LogP contribution in [0.25, 0.3) is 0 Å². The molecule has 2 amide bonds. The molecule has 1 heterocycles. The summed E-state index contributed by atoms with van der Waals surface area (Å²) in [5.41, 5.74) is -1.53. The van der Waals surface area contributed by atoms with E-state index in [0.29, 0.717) is 31.0 Å². The Morgan fingerprint density at radius 2 is 1.72 bits per heavy atom. The van der Waals surface area contributed by atoms with Crippen molar-refractivity contribution in [2.24, 2.45) is 11.3 Å². The molecular weight excluding hydrogens is 383 g/mol. The molecule has 8 heteroatoms. The van der Waals surface area contributed by atoms with E-state index in [2.05, 4.69) is 15.5 Å². The van der Waals surface area contributed by atoms with Crippen molar-refractivity contribution < 1.29 is 22.8 Å². The van der Waals surface area contributed by atoms with Gasteiger partial charge in [-0.3, -0.25) is 9.59 Å². The van der Waals surface area contributed by atoms with Crippen molar-refractivity contribution in [3.8, 4) is 0 Å². The lowest BCUT2D eigenvalue weighted by atomic mass is 9.67. The Balaban J connectivity index is 1.33. The van der Waals surface area contributed by atoms with E-state index in [-0.39, 0.29) is 25.3 Å².